The molecule has 0 aromatic carbocycles. The number of hydrogen-bond donors (Lipinski definition) is 1. The van der Waals surface area contributed by atoms with E-state index in [1.165, 1.54) is 0 Å². The maximum Gasteiger partial charge on any atom is 0.389 e. The van der Waals surface area contributed by atoms with Gasteiger partial charge in [0.15, 0.2) is 0 Å². The zero-order chi connectivity index (χ0) is 14.6. The number of aromatic nitrogens is 2. The molecular formula is C12H17F3IN3. The Morgan fingerprint density at radius 2 is 1.89 bits per heavy atom. The average molecular weight is 387 g/mol. The normalized spacial score (nSPS) is 12.0. The average Bonchev–Trinajstić information content (AvgIpc) is 2.28. The van der Waals surface area contributed by atoms with Gasteiger partial charge in [-0.15, -0.1) is 0 Å². The summed E-state index contributed by atoms with van der Waals surface area (Å²) in [5, 5.41) is 2.91. The molecule has 0 atom stereocenters. The van der Waals surface area contributed by atoms with Gasteiger partial charge in [-0.25, -0.2) is 9.97 Å². The van der Waals surface area contributed by atoms with E-state index in [4.69, 9.17) is 0 Å². The van der Waals surface area contributed by atoms with E-state index in [1.807, 2.05) is 13.8 Å². The van der Waals surface area contributed by atoms with Gasteiger partial charge in [0, 0.05) is 13.5 Å². The molecule has 1 N–H and O–H groups in total. The summed E-state index contributed by atoms with van der Waals surface area (Å²) in [5.41, 5.74) is 0.812. The first-order valence-electron chi connectivity index (χ1n) is 6.02. The summed E-state index contributed by atoms with van der Waals surface area (Å²) in [6.07, 6.45) is -4.52. The highest BCUT2D eigenvalue weighted by Gasteiger charge is 2.27. The van der Waals surface area contributed by atoms with Crippen LogP contribution in [-0.4, -0.2) is 23.2 Å². The van der Waals surface area contributed by atoms with Gasteiger partial charge in [0.1, 0.15) is 11.6 Å². The summed E-state index contributed by atoms with van der Waals surface area (Å²) in [5.74, 6) is 1.24. The Morgan fingerprint density at radius 1 is 1.26 bits per heavy atom. The first-order chi connectivity index (χ1) is 8.73. The lowest BCUT2D eigenvalue weighted by Crippen LogP contribution is -2.13. The molecule has 0 saturated carbocycles. The molecule has 0 saturated heterocycles. The fourth-order valence-corrected chi connectivity index (χ4v) is 2.33. The third kappa shape index (κ3) is 5.50. The van der Waals surface area contributed by atoms with E-state index < -0.39 is 12.6 Å². The van der Waals surface area contributed by atoms with Crippen LogP contribution in [0.2, 0.25) is 0 Å². The molecule has 1 aromatic heterocycles. The van der Waals surface area contributed by atoms with E-state index in [-0.39, 0.29) is 12.2 Å². The SMILES string of the molecule is CNc1nc(CCC(F)(F)F)nc(CC(C)C)c1I. The lowest BCUT2D eigenvalue weighted by Gasteiger charge is -2.13. The van der Waals surface area contributed by atoms with Crippen LogP contribution in [0.15, 0.2) is 0 Å². The number of alkyl halides is 3. The van der Waals surface area contributed by atoms with Gasteiger partial charge in [-0.1, -0.05) is 13.8 Å². The highest BCUT2D eigenvalue weighted by molar-refractivity contribution is 14.1. The van der Waals surface area contributed by atoms with E-state index in [9.17, 15) is 13.2 Å². The van der Waals surface area contributed by atoms with Crippen LogP contribution in [0.25, 0.3) is 0 Å². The van der Waals surface area contributed by atoms with Crippen LogP contribution in [-0.2, 0) is 12.8 Å². The zero-order valence-corrected chi connectivity index (χ0v) is 13.3. The molecule has 0 fully saturated rings. The molecule has 1 rings (SSSR count). The van der Waals surface area contributed by atoms with E-state index in [0.29, 0.717) is 11.7 Å². The molecule has 3 nitrogen and oxygen atoms in total. The maximum atomic E-state index is 12.2. The summed E-state index contributed by atoms with van der Waals surface area (Å²) in [6, 6.07) is 0. The monoisotopic (exact) mass is 387 g/mol. The third-order valence-electron chi connectivity index (χ3n) is 2.44. The molecule has 108 valence electrons. The Hall–Kier alpha value is -0.600. The predicted octanol–water partition coefficient (Wildman–Crippen LogP) is 3.82. The van der Waals surface area contributed by atoms with Gasteiger partial charge in [0.2, 0.25) is 0 Å². The highest BCUT2D eigenvalue weighted by Crippen LogP contribution is 2.24. The van der Waals surface area contributed by atoms with Crippen molar-refractivity contribution in [1.29, 1.82) is 0 Å². The quantitative estimate of drug-likeness (QED) is 0.781. The second kappa shape index (κ2) is 6.71. The molecule has 0 spiro atoms. The number of anilines is 1. The van der Waals surface area contributed by atoms with Crippen molar-refractivity contribution < 1.29 is 13.2 Å². The van der Waals surface area contributed by atoms with Gasteiger partial charge in [0.05, 0.1) is 15.7 Å². The molecule has 0 bridgehead atoms. The second-order valence-corrected chi connectivity index (χ2v) is 5.79. The van der Waals surface area contributed by atoms with E-state index >= 15 is 0 Å². The topological polar surface area (TPSA) is 37.8 Å². The van der Waals surface area contributed by atoms with E-state index in [2.05, 4.69) is 37.9 Å². The van der Waals surface area contributed by atoms with Crippen LogP contribution in [0.5, 0.6) is 0 Å². The maximum absolute atomic E-state index is 12.2. The Morgan fingerprint density at radius 3 is 2.37 bits per heavy atom. The molecule has 0 radical (unpaired) electrons. The van der Waals surface area contributed by atoms with Crippen molar-refractivity contribution in [3.05, 3.63) is 15.1 Å². The smallest absolute Gasteiger partial charge is 0.372 e. The molecule has 0 unspecified atom stereocenters. The van der Waals surface area contributed by atoms with Crippen LogP contribution in [0.1, 0.15) is 31.8 Å². The van der Waals surface area contributed by atoms with Crippen LogP contribution in [0.3, 0.4) is 0 Å². The fraction of sp³-hybridized carbons (Fsp3) is 0.667. The summed E-state index contributed by atoms with van der Waals surface area (Å²) in [7, 11) is 1.71. The minimum Gasteiger partial charge on any atom is -0.372 e. The number of hydrogen-bond acceptors (Lipinski definition) is 3. The first-order valence-corrected chi connectivity index (χ1v) is 7.10. The van der Waals surface area contributed by atoms with Crippen molar-refractivity contribution in [3.63, 3.8) is 0 Å². The van der Waals surface area contributed by atoms with Gasteiger partial charge >= 0.3 is 6.18 Å². The predicted molar refractivity (Wildman–Crippen MR) is 77.2 cm³/mol. The second-order valence-electron chi connectivity index (χ2n) is 4.71. The van der Waals surface area contributed by atoms with Gasteiger partial charge in [-0.05, 0) is 34.9 Å². The minimum atomic E-state index is -4.18. The Balaban J connectivity index is 2.99. The summed E-state index contributed by atoms with van der Waals surface area (Å²) >= 11 is 2.13. The van der Waals surface area contributed by atoms with Crippen LogP contribution in [0, 0.1) is 9.49 Å². The van der Waals surface area contributed by atoms with Crippen molar-refractivity contribution in [1.82, 2.24) is 9.97 Å². The number of rotatable bonds is 5. The molecule has 7 heteroatoms. The van der Waals surface area contributed by atoms with Crippen molar-refractivity contribution in [2.45, 2.75) is 39.3 Å². The number of nitrogens with one attached hydrogen (secondary N) is 1. The molecule has 0 aliphatic rings. The van der Waals surface area contributed by atoms with Gasteiger partial charge in [0.25, 0.3) is 0 Å². The van der Waals surface area contributed by atoms with Gasteiger partial charge in [-0.2, -0.15) is 13.2 Å². The van der Waals surface area contributed by atoms with E-state index in [1.54, 1.807) is 7.05 Å². The Labute approximate surface area is 124 Å². The van der Waals surface area contributed by atoms with Crippen molar-refractivity contribution in [2.75, 3.05) is 12.4 Å². The molecule has 0 aliphatic carbocycles. The molecule has 1 aromatic rings. The molecular weight excluding hydrogens is 370 g/mol. The number of nitrogens with zero attached hydrogens (tertiary/aromatic N) is 2. The first kappa shape index (κ1) is 16.5. The number of halogens is 4. The third-order valence-corrected chi connectivity index (χ3v) is 3.57. The number of aryl methyl sites for hydroxylation is 1. The summed E-state index contributed by atoms with van der Waals surface area (Å²) in [4.78, 5) is 8.40. The van der Waals surface area contributed by atoms with Crippen LogP contribution >= 0.6 is 22.6 Å². The fourth-order valence-electron chi connectivity index (χ4n) is 1.60. The Kier molecular flexibility index (Phi) is 5.82. The van der Waals surface area contributed by atoms with Crippen molar-refractivity contribution in [2.24, 2.45) is 5.92 Å². The lowest BCUT2D eigenvalue weighted by molar-refractivity contribution is -0.134. The molecule has 19 heavy (non-hydrogen) atoms. The lowest BCUT2D eigenvalue weighted by atomic mass is 10.1. The largest absolute Gasteiger partial charge is 0.389 e. The van der Waals surface area contributed by atoms with Crippen LogP contribution in [0.4, 0.5) is 19.0 Å². The Bertz CT molecular complexity index is 433. The van der Waals surface area contributed by atoms with Crippen molar-refractivity contribution >= 4 is 28.4 Å². The van der Waals surface area contributed by atoms with Gasteiger partial charge < -0.3 is 5.32 Å². The summed E-state index contributed by atoms with van der Waals surface area (Å²) < 4.78 is 37.6. The van der Waals surface area contributed by atoms with E-state index in [0.717, 1.165) is 15.7 Å². The molecule has 1 heterocycles. The minimum absolute atomic E-state index is 0.180. The molecule has 0 aliphatic heterocycles. The zero-order valence-electron chi connectivity index (χ0n) is 11.1. The molecule has 0 amide bonds. The van der Waals surface area contributed by atoms with Crippen molar-refractivity contribution in [3.8, 4) is 0 Å². The highest BCUT2D eigenvalue weighted by atomic mass is 127. The van der Waals surface area contributed by atoms with Gasteiger partial charge in [-0.3, -0.25) is 0 Å². The van der Waals surface area contributed by atoms with Crippen LogP contribution < -0.4 is 5.32 Å². The summed E-state index contributed by atoms with van der Waals surface area (Å²) in [6.45, 7) is 4.10. The standard InChI is InChI=1S/C12H17F3IN3/c1-7(2)6-8-10(16)11(17-3)19-9(18-8)4-5-12(13,14)15/h7H,4-6H2,1-3H3,(H,17,18,19).